The molecular formula is C23H23BCl2O4. The van der Waals surface area contributed by atoms with E-state index in [4.69, 9.17) is 41.9 Å². The third kappa shape index (κ3) is 7.49. The van der Waals surface area contributed by atoms with Crippen molar-refractivity contribution in [2.24, 2.45) is 0 Å². The number of unbranched alkanes of at least 4 members (excludes halogenated alkanes) is 1. The Kier molecular flexibility index (Phi) is 8.75. The summed E-state index contributed by atoms with van der Waals surface area (Å²) in [5.74, 6) is 1.75. The number of rotatable bonds is 11. The van der Waals surface area contributed by atoms with Crippen LogP contribution in [0.3, 0.4) is 0 Å². The lowest BCUT2D eigenvalue weighted by Crippen LogP contribution is -2.36. The molecule has 0 amide bonds. The molecule has 0 saturated carbocycles. The highest BCUT2D eigenvalue weighted by Gasteiger charge is 2.30. The third-order valence-electron chi connectivity index (χ3n) is 4.16. The first-order valence-electron chi connectivity index (χ1n) is 9.80. The van der Waals surface area contributed by atoms with Crippen LogP contribution < -0.4 is 14.0 Å². The van der Waals surface area contributed by atoms with Crippen LogP contribution in [0.5, 0.6) is 17.2 Å². The molecule has 0 aromatic heterocycles. The van der Waals surface area contributed by atoms with E-state index in [1.165, 1.54) is 0 Å². The summed E-state index contributed by atoms with van der Waals surface area (Å²) >= 11 is 11.9. The average Bonchev–Trinajstić information content (AvgIpc) is 2.75. The van der Waals surface area contributed by atoms with Gasteiger partial charge in [0.05, 0.1) is 6.61 Å². The molecule has 7 heteroatoms. The molecule has 0 fully saturated rings. The molecule has 0 heterocycles. The number of halogens is 2. The van der Waals surface area contributed by atoms with E-state index in [1.54, 1.807) is 48.5 Å². The number of hydrogen-bond acceptors (Lipinski definition) is 4. The van der Waals surface area contributed by atoms with Crippen molar-refractivity contribution in [3.05, 3.63) is 88.4 Å². The van der Waals surface area contributed by atoms with Gasteiger partial charge in [0.1, 0.15) is 17.2 Å². The van der Waals surface area contributed by atoms with E-state index in [0.717, 1.165) is 25.0 Å². The molecule has 0 aliphatic carbocycles. The van der Waals surface area contributed by atoms with Crippen molar-refractivity contribution >= 4 is 30.5 Å². The largest absolute Gasteiger partial charge is 0.864 e. The van der Waals surface area contributed by atoms with Gasteiger partial charge in [0.15, 0.2) is 0 Å². The van der Waals surface area contributed by atoms with E-state index in [2.05, 4.69) is 6.92 Å². The van der Waals surface area contributed by atoms with Gasteiger partial charge >= 0.3 is 7.32 Å². The Bertz CT molecular complexity index is 839. The predicted molar refractivity (Wildman–Crippen MR) is 122 cm³/mol. The molecule has 4 nitrogen and oxygen atoms in total. The zero-order valence-electron chi connectivity index (χ0n) is 16.7. The number of benzene rings is 3. The second-order valence-electron chi connectivity index (χ2n) is 6.60. The van der Waals surface area contributed by atoms with Crippen molar-refractivity contribution in [2.45, 2.75) is 26.4 Å². The van der Waals surface area contributed by atoms with Gasteiger partial charge in [-0.05, 0) is 72.6 Å². The molecule has 3 aromatic carbocycles. The predicted octanol–water partition coefficient (Wildman–Crippen LogP) is 6.83. The normalized spacial score (nSPS) is 10.5. The molecule has 0 N–H and O–H groups in total. The van der Waals surface area contributed by atoms with Crippen LogP contribution in [-0.2, 0) is 11.3 Å². The van der Waals surface area contributed by atoms with E-state index in [9.17, 15) is 0 Å². The van der Waals surface area contributed by atoms with E-state index >= 15 is 0 Å². The summed E-state index contributed by atoms with van der Waals surface area (Å²) in [6.07, 6.45) is 2.18. The van der Waals surface area contributed by atoms with Crippen molar-refractivity contribution in [3.8, 4) is 17.2 Å². The lowest BCUT2D eigenvalue weighted by Gasteiger charge is -2.17. The van der Waals surface area contributed by atoms with Gasteiger partial charge in [-0.1, -0.05) is 48.7 Å². The van der Waals surface area contributed by atoms with Crippen LogP contribution in [0.15, 0.2) is 72.8 Å². The van der Waals surface area contributed by atoms with E-state index in [0.29, 0.717) is 33.9 Å². The first-order chi connectivity index (χ1) is 14.6. The fourth-order valence-corrected chi connectivity index (χ4v) is 2.78. The third-order valence-corrected chi connectivity index (χ3v) is 4.66. The fraction of sp³-hybridized carbons (Fsp3) is 0.217. The van der Waals surface area contributed by atoms with Crippen LogP contribution in [0, 0.1) is 0 Å². The zero-order valence-corrected chi connectivity index (χ0v) is 18.2. The minimum Gasteiger partial charge on any atom is -0.490 e. The van der Waals surface area contributed by atoms with Crippen LogP contribution in [0.25, 0.3) is 0 Å². The van der Waals surface area contributed by atoms with E-state index in [1.807, 2.05) is 24.3 Å². The van der Waals surface area contributed by atoms with Crippen LogP contribution in [0.2, 0.25) is 10.0 Å². The molecule has 0 aliphatic heterocycles. The molecule has 0 aliphatic rings. The average molecular weight is 445 g/mol. The highest BCUT2D eigenvalue weighted by Crippen LogP contribution is 2.22. The maximum absolute atomic E-state index is 5.95. The number of hydrogen-bond donors (Lipinski definition) is 0. The number of ether oxygens (including phenoxy) is 1. The lowest BCUT2D eigenvalue weighted by molar-refractivity contribution is 0.118. The minimum absolute atomic E-state index is 0.569. The van der Waals surface area contributed by atoms with E-state index < -0.39 is 7.32 Å². The van der Waals surface area contributed by atoms with Crippen LogP contribution in [0.4, 0.5) is 0 Å². The highest BCUT2D eigenvalue weighted by atomic mass is 35.5. The Hall–Kier alpha value is -2.34. The molecule has 30 heavy (non-hydrogen) atoms. The molecule has 156 valence electrons. The first kappa shape index (κ1) is 22.4. The second-order valence-corrected chi connectivity index (χ2v) is 7.47. The molecule has 3 aromatic rings. The van der Waals surface area contributed by atoms with Gasteiger partial charge in [-0.2, -0.15) is 0 Å². The van der Waals surface area contributed by atoms with Crippen molar-refractivity contribution in [2.75, 3.05) is 6.61 Å². The quantitative estimate of drug-likeness (QED) is 0.240. The second kappa shape index (κ2) is 11.7. The van der Waals surface area contributed by atoms with Crippen LogP contribution in [0.1, 0.15) is 25.3 Å². The van der Waals surface area contributed by atoms with Gasteiger partial charge in [0.2, 0.25) is 0 Å². The molecule has 0 spiro atoms. The van der Waals surface area contributed by atoms with E-state index in [-0.39, 0.29) is 0 Å². The van der Waals surface area contributed by atoms with Gasteiger partial charge in [0, 0.05) is 16.7 Å². The molecule has 0 unspecified atom stereocenters. The summed E-state index contributed by atoms with van der Waals surface area (Å²) in [7, 11) is -1.00. The van der Waals surface area contributed by atoms with Crippen molar-refractivity contribution in [1.29, 1.82) is 0 Å². The van der Waals surface area contributed by atoms with Gasteiger partial charge in [-0.3, -0.25) is 0 Å². The fourth-order valence-electron chi connectivity index (χ4n) is 2.53. The van der Waals surface area contributed by atoms with Gasteiger partial charge in [0.25, 0.3) is 0 Å². The van der Waals surface area contributed by atoms with Crippen molar-refractivity contribution in [1.82, 2.24) is 0 Å². The van der Waals surface area contributed by atoms with Crippen molar-refractivity contribution in [3.63, 3.8) is 0 Å². The monoisotopic (exact) mass is 444 g/mol. The molecule has 0 atom stereocenters. The van der Waals surface area contributed by atoms with Crippen LogP contribution >= 0.6 is 23.2 Å². The molecule has 0 saturated heterocycles. The summed E-state index contributed by atoms with van der Waals surface area (Å²) in [6, 6.07) is 21.6. The van der Waals surface area contributed by atoms with Gasteiger partial charge in [-0.15, -0.1) is 0 Å². The molecule has 0 radical (unpaired) electrons. The van der Waals surface area contributed by atoms with Gasteiger partial charge < -0.3 is 18.7 Å². The minimum atomic E-state index is -1.00. The SMILES string of the molecule is CCCCOCc1ccc(OB(Oc2ccc(Cl)cc2)Oc2ccc(Cl)cc2)cc1. The summed E-state index contributed by atoms with van der Waals surface area (Å²) in [6.45, 7) is 3.48. The van der Waals surface area contributed by atoms with Crippen LogP contribution in [-0.4, -0.2) is 13.9 Å². The Balaban J connectivity index is 1.66. The lowest BCUT2D eigenvalue weighted by atomic mass is 10.1. The topological polar surface area (TPSA) is 36.9 Å². The summed E-state index contributed by atoms with van der Waals surface area (Å²) in [5.41, 5.74) is 1.08. The Morgan fingerprint density at radius 3 is 1.53 bits per heavy atom. The highest BCUT2D eigenvalue weighted by molar-refractivity contribution is 6.39. The van der Waals surface area contributed by atoms with Crippen molar-refractivity contribution < 1.29 is 18.7 Å². The standard InChI is InChI=1S/C23H23BCl2O4/c1-2-3-16-27-17-18-4-10-21(11-5-18)28-24(29-22-12-6-19(25)7-13-22)30-23-14-8-20(26)9-15-23/h4-15H,2-3,16-17H2,1H3. The maximum Gasteiger partial charge on any atom is 0.864 e. The molecule has 3 rings (SSSR count). The Labute approximate surface area is 187 Å². The maximum atomic E-state index is 5.95. The Morgan fingerprint density at radius 2 is 1.10 bits per heavy atom. The van der Waals surface area contributed by atoms with Gasteiger partial charge in [-0.25, -0.2) is 0 Å². The summed E-state index contributed by atoms with van der Waals surface area (Å²) < 4.78 is 23.3. The summed E-state index contributed by atoms with van der Waals surface area (Å²) in [5, 5.41) is 1.24. The smallest absolute Gasteiger partial charge is 0.490 e. The first-order valence-corrected chi connectivity index (χ1v) is 10.6. The molecular weight excluding hydrogens is 422 g/mol. The Morgan fingerprint density at radius 1 is 0.667 bits per heavy atom. The molecule has 0 bridgehead atoms. The summed E-state index contributed by atoms with van der Waals surface area (Å²) in [4.78, 5) is 0. The zero-order chi connectivity index (χ0) is 21.2.